The van der Waals surface area contributed by atoms with Crippen molar-refractivity contribution in [3.63, 3.8) is 0 Å². The largest absolute Gasteiger partial charge is 0.455 e. The Hall–Kier alpha value is -6.58. The molecule has 49 heavy (non-hydrogen) atoms. The Kier molecular flexibility index (Phi) is 6.18. The molecule has 3 nitrogen and oxygen atoms in total. The normalized spacial score (nSPS) is 11.7. The van der Waals surface area contributed by atoms with Crippen LogP contribution in [-0.4, -0.2) is 0 Å². The maximum absolute atomic E-state index is 6.71. The van der Waals surface area contributed by atoms with E-state index in [1.54, 1.807) is 0 Å². The smallest absolute Gasteiger partial charge is 0.159 e. The van der Waals surface area contributed by atoms with Crippen LogP contribution in [0.25, 0.3) is 76.9 Å². The monoisotopic (exact) mass is 627 g/mol. The summed E-state index contributed by atoms with van der Waals surface area (Å²) in [4.78, 5) is 2.35. The van der Waals surface area contributed by atoms with Crippen LogP contribution in [0.1, 0.15) is 0 Å². The molecule has 8 aromatic carbocycles. The van der Waals surface area contributed by atoms with Crippen LogP contribution < -0.4 is 4.90 Å². The number of benzene rings is 8. The average molecular weight is 628 g/mol. The van der Waals surface area contributed by atoms with E-state index in [-0.39, 0.29) is 0 Å². The van der Waals surface area contributed by atoms with E-state index in [1.807, 2.05) is 12.1 Å². The second-order valence-corrected chi connectivity index (χ2v) is 12.5. The molecule has 0 unspecified atom stereocenters. The van der Waals surface area contributed by atoms with Crippen molar-refractivity contribution in [1.29, 1.82) is 0 Å². The highest BCUT2D eigenvalue weighted by Gasteiger charge is 2.24. The van der Waals surface area contributed by atoms with E-state index < -0.39 is 0 Å². The van der Waals surface area contributed by atoms with Crippen molar-refractivity contribution < 1.29 is 8.83 Å². The summed E-state index contributed by atoms with van der Waals surface area (Å²) in [5, 5.41) is 6.62. The quantitative estimate of drug-likeness (QED) is 0.190. The van der Waals surface area contributed by atoms with E-state index in [4.69, 9.17) is 8.83 Å². The summed E-state index contributed by atoms with van der Waals surface area (Å²) in [7, 11) is 0. The first kappa shape index (κ1) is 27.5. The lowest BCUT2D eigenvalue weighted by molar-refractivity contribution is 0.669. The number of furan rings is 2. The topological polar surface area (TPSA) is 29.5 Å². The van der Waals surface area contributed by atoms with Gasteiger partial charge in [0.1, 0.15) is 16.7 Å². The van der Waals surface area contributed by atoms with E-state index in [1.165, 1.54) is 5.56 Å². The maximum atomic E-state index is 6.71. The van der Waals surface area contributed by atoms with Crippen molar-refractivity contribution in [2.24, 2.45) is 0 Å². The van der Waals surface area contributed by atoms with Gasteiger partial charge in [-0.15, -0.1) is 0 Å². The minimum Gasteiger partial charge on any atom is -0.455 e. The molecule has 2 heterocycles. The molecule has 0 bridgehead atoms. The molecule has 0 fully saturated rings. The summed E-state index contributed by atoms with van der Waals surface area (Å²) in [5.41, 5.74) is 11.0. The Bertz CT molecular complexity index is 2810. The molecule has 0 aliphatic rings. The van der Waals surface area contributed by atoms with Crippen LogP contribution >= 0.6 is 0 Å². The van der Waals surface area contributed by atoms with E-state index in [2.05, 4.69) is 169 Å². The summed E-state index contributed by atoms with van der Waals surface area (Å²) in [6.07, 6.45) is 0. The maximum Gasteiger partial charge on any atom is 0.159 e. The Labute approximate surface area is 282 Å². The van der Waals surface area contributed by atoms with Gasteiger partial charge in [0.05, 0.1) is 11.4 Å². The van der Waals surface area contributed by atoms with E-state index in [9.17, 15) is 0 Å². The molecule has 0 amide bonds. The molecular formula is C46H29NO2. The van der Waals surface area contributed by atoms with Crippen LogP contribution in [0.2, 0.25) is 0 Å². The third kappa shape index (κ3) is 4.44. The Morgan fingerprint density at radius 3 is 1.80 bits per heavy atom. The van der Waals surface area contributed by atoms with Crippen LogP contribution in [0.3, 0.4) is 0 Å². The molecule has 10 aromatic rings. The van der Waals surface area contributed by atoms with Crippen LogP contribution in [-0.2, 0) is 0 Å². The fourth-order valence-corrected chi connectivity index (χ4v) is 7.32. The molecular weight excluding hydrogens is 599 g/mol. The number of nitrogens with zero attached hydrogens (tertiary/aromatic N) is 1. The van der Waals surface area contributed by atoms with Crippen molar-refractivity contribution in [3.8, 4) is 22.3 Å². The second-order valence-electron chi connectivity index (χ2n) is 12.5. The first-order valence-corrected chi connectivity index (χ1v) is 16.6. The highest BCUT2D eigenvalue weighted by atomic mass is 16.3. The molecule has 0 atom stereocenters. The average Bonchev–Trinajstić information content (AvgIpc) is 3.74. The second kappa shape index (κ2) is 11.0. The van der Waals surface area contributed by atoms with Gasteiger partial charge in [-0.1, -0.05) is 133 Å². The summed E-state index contributed by atoms with van der Waals surface area (Å²) < 4.78 is 13.4. The van der Waals surface area contributed by atoms with Crippen LogP contribution in [0.5, 0.6) is 0 Å². The fraction of sp³-hybridized carbons (Fsp3) is 0. The molecule has 0 saturated heterocycles. The number of anilines is 3. The third-order valence-corrected chi connectivity index (χ3v) is 9.66. The van der Waals surface area contributed by atoms with Crippen molar-refractivity contribution in [1.82, 2.24) is 0 Å². The van der Waals surface area contributed by atoms with Gasteiger partial charge >= 0.3 is 0 Å². The number of fused-ring (bicyclic) bond motifs is 8. The van der Waals surface area contributed by atoms with E-state index in [0.29, 0.717) is 0 Å². The summed E-state index contributed by atoms with van der Waals surface area (Å²) >= 11 is 0. The Balaban J connectivity index is 1.29. The van der Waals surface area contributed by atoms with Gasteiger partial charge in [0.2, 0.25) is 0 Å². The zero-order valence-corrected chi connectivity index (χ0v) is 26.5. The lowest BCUT2D eigenvalue weighted by Crippen LogP contribution is -2.11. The minimum absolute atomic E-state index is 0.845. The van der Waals surface area contributed by atoms with Gasteiger partial charge in [-0.2, -0.15) is 0 Å². The lowest BCUT2D eigenvalue weighted by atomic mass is 9.98. The minimum atomic E-state index is 0.845. The van der Waals surface area contributed by atoms with Crippen LogP contribution in [0.4, 0.5) is 17.1 Å². The zero-order valence-electron chi connectivity index (χ0n) is 26.5. The first-order valence-electron chi connectivity index (χ1n) is 16.6. The third-order valence-electron chi connectivity index (χ3n) is 9.66. The molecule has 0 saturated carbocycles. The molecule has 230 valence electrons. The van der Waals surface area contributed by atoms with Crippen LogP contribution in [0, 0.1) is 0 Å². The van der Waals surface area contributed by atoms with Crippen LogP contribution in [0.15, 0.2) is 185 Å². The van der Waals surface area contributed by atoms with Gasteiger partial charge in [0.15, 0.2) is 5.58 Å². The number of hydrogen-bond acceptors (Lipinski definition) is 3. The fourth-order valence-electron chi connectivity index (χ4n) is 7.32. The number of rotatable bonds is 5. The molecule has 3 heteroatoms. The molecule has 0 radical (unpaired) electrons. The summed E-state index contributed by atoms with van der Waals surface area (Å²) in [6, 6.07) is 61.9. The Morgan fingerprint density at radius 1 is 0.347 bits per heavy atom. The zero-order chi connectivity index (χ0) is 32.3. The number of hydrogen-bond donors (Lipinski definition) is 0. The van der Waals surface area contributed by atoms with Gasteiger partial charge in [-0.3, -0.25) is 0 Å². The van der Waals surface area contributed by atoms with Crippen molar-refractivity contribution in [3.05, 3.63) is 176 Å². The Morgan fingerprint density at radius 2 is 0.980 bits per heavy atom. The van der Waals surface area contributed by atoms with Crippen molar-refractivity contribution >= 4 is 71.7 Å². The highest BCUT2D eigenvalue weighted by molar-refractivity contribution is 6.17. The van der Waals surface area contributed by atoms with Gasteiger partial charge < -0.3 is 13.7 Å². The molecule has 0 N–H and O–H groups in total. The van der Waals surface area contributed by atoms with Crippen molar-refractivity contribution in [2.75, 3.05) is 4.90 Å². The van der Waals surface area contributed by atoms with Gasteiger partial charge in [-0.25, -0.2) is 0 Å². The standard InChI is InChI=1S/C46H29NO2/c1-3-12-30(13-4-1)31-22-25-34(26-23-31)47(41-20-11-19-37-36-18-9-10-21-43(36)48-46(37)41)42-28-40-38-27-24-33-16-7-8-17-35(33)45(38)49-44(40)29-39(42)32-14-5-2-6-15-32/h1-29H. The summed E-state index contributed by atoms with van der Waals surface area (Å²) in [6.45, 7) is 0. The molecule has 0 aliphatic carbocycles. The molecule has 0 aliphatic heterocycles. The lowest BCUT2D eigenvalue weighted by Gasteiger charge is -2.28. The predicted octanol–water partition coefficient (Wildman–Crippen LogP) is 13.4. The predicted molar refractivity (Wildman–Crippen MR) is 204 cm³/mol. The SMILES string of the molecule is c1ccc(-c2ccc(N(c3cc4c(cc3-c3ccccc3)oc3c5ccccc5ccc43)c3cccc4c3oc3ccccc34)cc2)cc1. The number of para-hydroxylation sites is 2. The molecule has 10 rings (SSSR count). The van der Waals surface area contributed by atoms with E-state index in [0.717, 1.165) is 88.4 Å². The molecule has 2 aromatic heterocycles. The van der Waals surface area contributed by atoms with Gasteiger partial charge in [0.25, 0.3) is 0 Å². The van der Waals surface area contributed by atoms with Crippen molar-refractivity contribution in [2.45, 2.75) is 0 Å². The van der Waals surface area contributed by atoms with E-state index >= 15 is 0 Å². The van der Waals surface area contributed by atoms with Gasteiger partial charge in [-0.05, 0) is 64.5 Å². The summed E-state index contributed by atoms with van der Waals surface area (Å²) in [5.74, 6) is 0. The first-order chi connectivity index (χ1) is 24.3. The van der Waals surface area contributed by atoms with Gasteiger partial charge in [0, 0.05) is 38.2 Å². The molecule has 0 spiro atoms. The highest BCUT2D eigenvalue weighted by Crippen LogP contribution is 2.48.